The van der Waals surface area contributed by atoms with Gasteiger partial charge in [-0.05, 0) is 185 Å². The summed E-state index contributed by atoms with van der Waals surface area (Å²) < 4.78 is 6.83. The van der Waals surface area contributed by atoms with Crippen LogP contribution in [0.1, 0.15) is 5.56 Å². The molecule has 0 amide bonds. The van der Waals surface area contributed by atoms with Crippen molar-refractivity contribution in [3.05, 3.63) is 224 Å². The summed E-state index contributed by atoms with van der Waals surface area (Å²) >= 11 is 0. The van der Waals surface area contributed by atoms with Gasteiger partial charge < -0.3 is 4.42 Å². The standard InChI is InChI=1S/C66H39NO/c1-38-26-31-62-63(32-38)68-66(67-62)61-37-60(57-35-41-16-4-7-19-44(41)47-22-10-13-25-50(47)57)53-28-27-51-58(55-33-39-14-2-5-17-42(39)45-20-8-11-23-48(45)55)36-59(52-29-30-54(61)65(53)64(51)52)56-34-40-15-3-6-18-43(40)46-21-9-12-24-49(46)56/h2-37H,1H3. The van der Waals surface area contributed by atoms with E-state index >= 15 is 0 Å². The Morgan fingerprint density at radius 1 is 0.279 bits per heavy atom. The summed E-state index contributed by atoms with van der Waals surface area (Å²) in [5.41, 5.74) is 11.0. The first-order chi connectivity index (χ1) is 33.6. The van der Waals surface area contributed by atoms with Gasteiger partial charge in [0.05, 0.1) is 0 Å². The highest BCUT2D eigenvalue weighted by Gasteiger charge is 2.25. The van der Waals surface area contributed by atoms with Crippen molar-refractivity contribution in [2.24, 2.45) is 0 Å². The molecule has 14 aromatic carbocycles. The summed E-state index contributed by atoms with van der Waals surface area (Å²) in [6.45, 7) is 2.10. The van der Waals surface area contributed by atoms with Gasteiger partial charge in [0.2, 0.25) is 5.89 Å². The highest BCUT2D eigenvalue weighted by molar-refractivity contribution is 6.34. The minimum absolute atomic E-state index is 0.622. The van der Waals surface area contributed by atoms with Crippen LogP contribution in [-0.4, -0.2) is 4.98 Å². The van der Waals surface area contributed by atoms with E-state index in [1.807, 2.05) is 0 Å². The zero-order chi connectivity index (χ0) is 44.6. The van der Waals surface area contributed by atoms with Crippen LogP contribution in [0.15, 0.2) is 223 Å². The molecule has 2 heteroatoms. The molecule has 68 heavy (non-hydrogen) atoms. The summed E-state index contributed by atoms with van der Waals surface area (Å²) in [5.74, 6) is 0.622. The van der Waals surface area contributed by atoms with Crippen LogP contribution < -0.4 is 0 Å². The molecule has 0 atom stereocenters. The molecule has 15 rings (SSSR count). The average Bonchev–Trinajstić information content (AvgIpc) is 3.82. The minimum atomic E-state index is 0.622. The van der Waals surface area contributed by atoms with Gasteiger partial charge in [0.1, 0.15) is 5.52 Å². The van der Waals surface area contributed by atoms with E-state index in [9.17, 15) is 0 Å². The number of rotatable bonds is 4. The number of aromatic nitrogens is 1. The van der Waals surface area contributed by atoms with Gasteiger partial charge in [-0.25, -0.2) is 4.98 Å². The molecule has 1 aromatic heterocycles. The van der Waals surface area contributed by atoms with Gasteiger partial charge in [-0.3, -0.25) is 0 Å². The number of hydrogen-bond acceptors (Lipinski definition) is 2. The number of nitrogens with zero attached hydrogens (tertiary/aromatic N) is 1. The monoisotopic (exact) mass is 861 g/mol. The Morgan fingerprint density at radius 3 is 1.04 bits per heavy atom. The number of benzene rings is 14. The lowest BCUT2D eigenvalue weighted by atomic mass is 9.80. The van der Waals surface area contributed by atoms with Crippen molar-refractivity contribution in [2.45, 2.75) is 6.92 Å². The van der Waals surface area contributed by atoms with E-state index in [0.29, 0.717) is 5.89 Å². The third kappa shape index (κ3) is 5.31. The number of fused-ring (bicyclic) bond motifs is 10. The highest BCUT2D eigenvalue weighted by atomic mass is 16.3. The first kappa shape index (κ1) is 37.4. The molecule has 0 N–H and O–H groups in total. The van der Waals surface area contributed by atoms with E-state index in [0.717, 1.165) is 33.2 Å². The lowest BCUT2D eigenvalue weighted by Crippen LogP contribution is -1.96. The second kappa shape index (κ2) is 14.1. The largest absolute Gasteiger partial charge is 0.436 e. The van der Waals surface area contributed by atoms with Gasteiger partial charge in [0.25, 0.3) is 0 Å². The molecule has 0 aliphatic rings. The maximum absolute atomic E-state index is 6.83. The fourth-order valence-corrected chi connectivity index (χ4v) is 11.8. The molecule has 0 radical (unpaired) electrons. The first-order valence-electron chi connectivity index (χ1n) is 23.5. The molecule has 0 saturated carbocycles. The number of hydrogen-bond donors (Lipinski definition) is 0. The van der Waals surface area contributed by atoms with E-state index in [1.54, 1.807) is 0 Å². The van der Waals surface area contributed by atoms with E-state index in [1.165, 1.54) is 119 Å². The SMILES string of the molecule is Cc1ccc2nc(-c3cc(-c4cc5ccccc5c5ccccc45)c4ccc5c(-c6cc7ccccc7c7ccccc67)cc(-c6cc7ccccc7c7ccccc67)c6ccc3c4c65)oc2c1. The maximum Gasteiger partial charge on any atom is 0.227 e. The summed E-state index contributed by atoms with van der Waals surface area (Å²) in [6, 6.07) is 81.0. The Labute approximate surface area is 391 Å². The Kier molecular flexibility index (Phi) is 7.74. The molecule has 2 nitrogen and oxygen atoms in total. The predicted octanol–water partition coefficient (Wildman–Crippen LogP) is 18.6. The summed E-state index contributed by atoms with van der Waals surface area (Å²) in [6.07, 6.45) is 0. The van der Waals surface area contributed by atoms with Crippen LogP contribution in [0.3, 0.4) is 0 Å². The second-order valence-electron chi connectivity index (χ2n) is 18.6. The quantitative estimate of drug-likeness (QED) is 0.165. The molecular weight excluding hydrogens is 823 g/mol. The second-order valence-corrected chi connectivity index (χ2v) is 18.6. The van der Waals surface area contributed by atoms with E-state index in [-0.39, 0.29) is 0 Å². The van der Waals surface area contributed by atoms with E-state index in [4.69, 9.17) is 9.40 Å². The summed E-state index contributed by atoms with van der Waals surface area (Å²) in [7, 11) is 0. The molecule has 0 spiro atoms. The van der Waals surface area contributed by atoms with Crippen LogP contribution in [0.2, 0.25) is 0 Å². The minimum Gasteiger partial charge on any atom is -0.436 e. The molecule has 0 aliphatic carbocycles. The van der Waals surface area contributed by atoms with Gasteiger partial charge in [-0.2, -0.15) is 0 Å². The molecule has 0 saturated heterocycles. The summed E-state index contributed by atoms with van der Waals surface area (Å²) in [4.78, 5) is 5.24. The van der Waals surface area contributed by atoms with Crippen LogP contribution in [-0.2, 0) is 0 Å². The molecule has 15 aromatic rings. The predicted molar refractivity (Wildman–Crippen MR) is 289 cm³/mol. The zero-order valence-corrected chi connectivity index (χ0v) is 37.1. The molecular formula is C66H39NO. The van der Waals surface area contributed by atoms with Crippen molar-refractivity contribution < 1.29 is 4.42 Å². The number of aryl methyl sites for hydroxylation is 1. The topological polar surface area (TPSA) is 26.0 Å². The summed E-state index contributed by atoms with van der Waals surface area (Å²) in [5, 5.41) is 22.1. The normalized spacial score (nSPS) is 12.2. The highest BCUT2D eigenvalue weighted by Crippen LogP contribution is 2.52. The van der Waals surface area contributed by atoms with Crippen LogP contribution in [0, 0.1) is 6.92 Å². The fourth-order valence-electron chi connectivity index (χ4n) is 11.8. The van der Waals surface area contributed by atoms with Crippen LogP contribution in [0.4, 0.5) is 0 Å². The van der Waals surface area contributed by atoms with E-state index in [2.05, 4.69) is 225 Å². The average molecular weight is 862 g/mol. The zero-order valence-electron chi connectivity index (χ0n) is 37.1. The molecule has 0 unspecified atom stereocenters. The lowest BCUT2D eigenvalue weighted by molar-refractivity contribution is 0.620. The van der Waals surface area contributed by atoms with Crippen molar-refractivity contribution in [3.8, 4) is 44.8 Å². The van der Waals surface area contributed by atoms with Crippen LogP contribution >= 0.6 is 0 Å². The third-order valence-corrected chi connectivity index (χ3v) is 14.8. The fraction of sp³-hybridized carbons (Fsp3) is 0.0152. The van der Waals surface area contributed by atoms with Crippen LogP contribution in [0.25, 0.3) is 153 Å². The Balaban J connectivity index is 1.16. The van der Waals surface area contributed by atoms with Gasteiger partial charge in [0.15, 0.2) is 5.58 Å². The maximum atomic E-state index is 6.83. The lowest BCUT2D eigenvalue weighted by Gasteiger charge is -2.23. The van der Waals surface area contributed by atoms with Crippen molar-refractivity contribution >= 4 is 108 Å². The van der Waals surface area contributed by atoms with Gasteiger partial charge in [-0.1, -0.05) is 176 Å². The molecule has 314 valence electrons. The van der Waals surface area contributed by atoms with Crippen molar-refractivity contribution in [1.82, 2.24) is 4.98 Å². The van der Waals surface area contributed by atoms with Crippen molar-refractivity contribution in [1.29, 1.82) is 0 Å². The molecule has 0 aliphatic heterocycles. The van der Waals surface area contributed by atoms with Crippen LogP contribution in [0.5, 0.6) is 0 Å². The Bertz CT molecular complexity index is 4490. The third-order valence-electron chi connectivity index (χ3n) is 14.8. The van der Waals surface area contributed by atoms with Gasteiger partial charge in [0, 0.05) is 5.56 Å². The molecule has 0 fully saturated rings. The van der Waals surface area contributed by atoms with Gasteiger partial charge >= 0.3 is 0 Å². The first-order valence-corrected chi connectivity index (χ1v) is 23.5. The van der Waals surface area contributed by atoms with Gasteiger partial charge in [-0.15, -0.1) is 0 Å². The molecule has 0 bridgehead atoms. The number of oxazole rings is 1. The van der Waals surface area contributed by atoms with Crippen molar-refractivity contribution in [2.75, 3.05) is 0 Å². The Morgan fingerprint density at radius 2 is 0.618 bits per heavy atom. The molecule has 1 heterocycles. The van der Waals surface area contributed by atoms with Crippen molar-refractivity contribution in [3.63, 3.8) is 0 Å². The smallest absolute Gasteiger partial charge is 0.227 e. The van der Waals surface area contributed by atoms with E-state index < -0.39 is 0 Å². The Hall–Kier alpha value is -8.85.